The molecule has 0 aliphatic heterocycles. The highest BCUT2D eigenvalue weighted by molar-refractivity contribution is 6.31. The third kappa shape index (κ3) is 4.18. The zero-order valence-corrected chi connectivity index (χ0v) is 12.5. The first-order valence-electron chi connectivity index (χ1n) is 6.67. The van der Waals surface area contributed by atoms with Crippen LogP contribution in [0.3, 0.4) is 0 Å². The smallest absolute Gasteiger partial charge is 0.265 e. The summed E-state index contributed by atoms with van der Waals surface area (Å²) < 4.78 is 31.4. The van der Waals surface area contributed by atoms with Gasteiger partial charge in [-0.1, -0.05) is 18.5 Å². The third-order valence-corrected chi connectivity index (χ3v) is 3.23. The fourth-order valence-corrected chi connectivity index (χ4v) is 1.98. The first kappa shape index (κ1) is 16.2. The molecule has 0 unspecified atom stereocenters. The predicted octanol–water partition coefficient (Wildman–Crippen LogP) is 4.41. The van der Waals surface area contributed by atoms with E-state index in [1.54, 1.807) is 6.92 Å². The van der Waals surface area contributed by atoms with Gasteiger partial charge in [-0.15, -0.1) is 0 Å². The molecule has 0 spiro atoms. The molecule has 2 aromatic carbocycles. The van der Waals surface area contributed by atoms with E-state index in [2.05, 4.69) is 5.32 Å². The van der Waals surface area contributed by atoms with Crippen LogP contribution >= 0.6 is 11.6 Å². The van der Waals surface area contributed by atoms with E-state index in [1.165, 1.54) is 42.5 Å². The van der Waals surface area contributed by atoms with E-state index >= 15 is 0 Å². The first-order valence-corrected chi connectivity index (χ1v) is 7.05. The van der Waals surface area contributed by atoms with Crippen LogP contribution in [0.4, 0.5) is 14.5 Å². The highest BCUT2D eigenvalue weighted by Crippen LogP contribution is 2.20. The molecule has 2 aromatic rings. The van der Waals surface area contributed by atoms with E-state index in [0.717, 1.165) is 0 Å². The van der Waals surface area contributed by atoms with Crippen LogP contribution in [0.1, 0.15) is 13.3 Å². The van der Waals surface area contributed by atoms with Crippen LogP contribution in [0.5, 0.6) is 5.75 Å². The number of hydrogen-bond acceptors (Lipinski definition) is 2. The van der Waals surface area contributed by atoms with Crippen LogP contribution in [-0.4, -0.2) is 12.0 Å². The Morgan fingerprint density at radius 3 is 2.50 bits per heavy atom. The van der Waals surface area contributed by atoms with Gasteiger partial charge in [0.2, 0.25) is 0 Å². The normalized spacial score (nSPS) is 11.8. The van der Waals surface area contributed by atoms with E-state index in [9.17, 15) is 13.6 Å². The van der Waals surface area contributed by atoms with Crippen molar-refractivity contribution >= 4 is 23.2 Å². The quantitative estimate of drug-likeness (QED) is 0.884. The van der Waals surface area contributed by atoms with Crippen LogP contribution < -0.4 is 10.1 Å². The number of benzene rings is 2. The van der Waals surface area contributed by atoms with Crippen molar-refractivity contribution in [1.29, 1.82) is 0 Å². The predicted molar refractivity (Wildman–Crippen MR) is 81.1 cm³/mol. The van der Waals surface area contributed by atoms with Gasteiger partial charge in [-0.3, -0.25) is 4.79 Å². The van der Waals surface area contributed by atoms with E-state index in [1.807, 2.05) is 0 Å². The minimum Gasteiger partial charge on any atom is -0.481 e. The molecule has 0 saturated heterocycles. The first-order chi connectivity index (χ1) is 10.5. The molecule has 116 valence electrons. The van der Waals surface area contributed by atoms with Crippen molar-refractivity contribution in [3.63, 3.8) is 0 Å². The summed E-state index contributed by atoms with van der Waals surface area (Å²) in [6, 6.07) is 9.28. The summed E-state index contributed by atoms with van der Waals surface area (Å²) in [7, 11) is 0. The summed E-state index contributed by atoms with van der Waals surface area (Å²) in [5, 5.41) is 2.53. The number of anilines is 1. The number of ether oxygens (including phenoxy) is 1. The molecule has 0 bridgehead atoms. The maximum atomic E-state index is 13.1. The molecule has 0 saturated carbocycles. The zero-order chi connectivity index (χ0) is 16.1. The Balaban J connectivity index is 2.04. The monoisotopic (exact) mass is 325 g/mol. The van der Waals surface area contributed by atoms with Gasteiger partial charge in [-0.25, -0.2) is 8.78 Å². The molecule has 0 radical (unpaired) electrons. The molecule has 0 fully saturated rings. The van der Waals surface area contributed by atoms with Crippen LogP contribution in [0.15, 0.2) is 42.5 Å². The zero-order valence-electron chi connectivity index (χ0n) is 11.8. The molecular weight excluding hydrogens is 312 g/mol. The average molecular weight is 326 g/mol. The van der Waals surface area contributed by atoms with Crippen LogP contribution in [0.25, 0.3) is 0 Å². The van der Waals surface area contributed by atoms with Gasteiger partial charge in [0.15, 0.2) is 6.10 Å². The third-order valence-electron chi connectivity index (χ3n) is 2.94. The largest absolute Gasteiger partial charge is 0.481 e. The molecule has 1 atom stereocenters. The minimum absolute atomic E-state index is 0.0784. The van der Waals surface area contributed by atoms with Gasteiger partial charge in [0.05, 0.1) is 5.02 Å². The Morgan fingerprint density at radius 1 is 1.23 bits per heavy atom. The Labute approximate surface area is 131 Å². The number of carbonyl (C=O) groups excluding carboxylic acids is 1. The Morgan fingerprint density at radius 2 is 1.91 bits per heavy atom. The summed E-state index contributed by atoms with van der Waals surface area (Å²) in [6.07, 6.45) is -0.340. The van der Waals surface area contributed by atoms with Crippen molar-refractivity contribution in [2.75, 3.05) is 5.32 Å². The van der Waals surface area contributed by atoms with Gasteiger partial charge in [0.25, 0.3) is 5.91 Å². The number of rotatable bonds is 5. The van der Waals surface area contributed by atoms with Gasteiger partial charge in [0, 0.05) is 5.69 Å². The van der Waals surface area contributed by atoms with Crippen molar-refractivity contribution in [1.82, 2.24) is 0 Å². The molecule has 0 aliphatic rings. The summed E-state index contributed by atoms with van der Waals surface area (Å²) in [6.45, 7) is 1.78. The average Bonchev–Trinajstić information content (AvgIpc) is 2.50. The number of amides is 1. The molecule has 0 aliphatic carbocycles. The number of halogens is 3. The van der Waals surface area contributed by atoms with Gasteiger partial charge in [-0.2, -0.15) is 0 Å². The lowest BCUT2D eigenvalue weighted by atomic mass is 10.2. The van der Waals surface area contributed by atoms with Crippen molar-refractivity contribution in [2.45, 2.75) is 19.4 Å². The Bertz CT molecular complexity index is 662. The lowest BCUT2D eigenvalue weighted by Gasteiger charge is -2.17. The molecule has 1 N–H and O–H groups in total. The summed E-state index contributed by atoms with van der Waals surface area (Å²) >= 11 is 5.66. The van der Waals surface area contributed by atoms with Gasteiger partial charge in [-0.05, 0) is 48.9 Å². The minimum atomic E-state index is -0.755. The molecule has 22 heavy (non-hydrogen) atoms. The van der Waals surface area contributed by atoms with Crippen LogP contribution in [-0.2, 0) is 4.79 Å². The van der Waals surface area contributed by atoms with Crippen molar-refractivity contribution in [3.8, 4) is 5.75 Å². The molecule has 1 amide bonds. The SMILES string of the molecule is CC[C@H](Oc1ccc(F)cc1)C(=O)Nc1ccc(F)c(Cl)c1. The Hall–Kier alpha value is -2.14. The fraction of sp³-hybridized carbons (Fsp3) is 0.188. The molecular formula is C16H14ClF2NO2. The summed E-state index contributed by atoms with van der Waals surface area (Å²) in [5.74, 6) is -0.949. The molecule has 0 heterocycles. The Kier molecular flexibility index (Phi) is 5.33. The lowest BCUT2D eigenvalue weighted by molar-refractivity contribution is -0.122. The van der Waals surface area contributed by atoms with Gasteiger partial charge in [0.1, 0.15) is 17.4 Å². The maximum absolute atomic E-state index is 13.1. The highest BCUT2D eigenvalue weighted by Gasteiger charge is 2.19. The van der Waals surface area contributed by atoms with Crippen molar-refractivity contribution in [2.24, 2.45) is 0 Å². The maximum Gasteiger partial charge on any atom is 0.265 e. The van der Waals surface area contributed by atoms with Crippen LogP contribution in [0, 0.1) is 11.6 Å². The van der Waals surface area contributed by atoms with Gasteiger partial charge < -0.3 is 10.1 Å². The molecule has 6 heteroatoms. The second-order valence-electron chi connectivity index (χ2n) is 4.59. The second-order valence-corrected chi connectivity index (χ2v) is 4.99. The van der Waals surface area contributed by atoms with Crippen molar-refractivity contribution < 1.29 is 18.3 Å². The molecule has 3 nitrogen and oxygen atoms in total. The fourth-order valence-electron chi connectivity index (χ4n) is 1.80. The van der Waals surface area contributed by atoms with E-state index < -0.39 is 17.8 Å². The summed E-state index contributed by atoms with van der Waals surface area (Å²) in [4.78, 5) is 12.2. The second kappa shape index (κ2) is 7.22. The van der Waals surface area contributed by atoms with E-state index in [0.29, 0.717) is 17.9 Å². The molecule has 2 rings (SSSR count). The topological polar surface area (TPSA) is 38.3 Å². The lowest BCUT2D eigenvalue weighted by Crippen LogP contribution is -2.32. The van der Waals surface area contributed by atoms with Crippen LogP contribution in [0.2, 0.25) is 5.02 Å². The van der Waals surface area contributed by atoms with E-state index in [-0.39, 0.29) is 10.8 Å². The number of carbonyl (C=O) groups is 1. The van der Waals surface area contributed by atoms with Crippen molar-refractivity contribution in [3.05, 3.63) is 59.1 Å². The van der Waals surface area contributed by atoms with E-state index in [4.69, 9.17) is 16.3 Å². The summed E-state index contributed by atoms with van der Waals surface area (Å²) in [5.41, 5.74) is 0.373. The molecule has 0 aromatic heterocycles. The van der Waals surface area contributed by atoms with Gasteiger partial charge >= 0.3 is 0 Å². The number of nitrogens with one attached hydrogen (secondary N) is 1. The number of hydrogen-bond donors (Lipinski definition) is 1. The highest BCUT2D eigenvalue weighted by atomic mass is 35.5. The standard InChI is InChI=1S/C16H14ClF2NO2/c1-2-15(22-12-6-3-10(18)4-7-12)16(21)20-11-5-8-14(19)13(17)9-11/h3-9,15H,2H2,1H3,(H,20,21)/t15-/m0/s1.